The van der Waals surface area contributed by atoms with E-state index in [0.717, 1.165) is 11.4 Å². The zero-order chi connectivity index (χ0) is 19.8. The number of benzene rings is 1. The number of amides is 1. The number of hydrogen-bond acceptors (Lipinski definition) is 4. The molecule has 0 saturated carbocycles. The Morgan fingerprint density at radius 3 is 2.57 bits per heavy atom. The number of aryl methyl sites for hydroxylation is 1. The number of carbonyl (C=O) groups excluding carboxylic acids is 1. The van der Waals surface area contributed by atoms with Gasteiger partial charge >= 0.3 is 0 Å². The summed E-state index contributed by atoms with van der Waals surface area (Å²) in [6.07, 6.45) is 1.65. The molecule has 1 aromatic carbocycles. The lowest BCUT2D eigenvalue weighted by molar-refractivity contribution is 0.0534. The summed E-state index contributed by atoms with van der Waals surface area (Å²) in [4.78, 5) is 32.2. The Balaban J connectivity index is 1.74. The van der Waals surface area contributed by atoms with Crippen LogP contribution >= 0.6 is 0 Å². The van der Waals surface area contributed by atoms with E-state index in [2.05, 4.69) is 18.9 Å². The molecular weight excluding hydrogens is 354 g/mol. The fourth-order valence-electron chi connectivity index (χ4n) is 3.73. The molecule has 3 heterocycles. The molecule has 0 aliphatic carbocycles. The first-order chi connectivity index (χ1) is 13.5. The lowest BCUT2D eigenvalue weighted by Gasteiger charge is -2.37. The third kappa shape index (κ3) is 3.02. The molecule has 7 heteroatoms. The Morgan fingerprint density at radius 1 is 1.11 bits per heavy atom. The third-order valence-electron chi connectivity index (χ3n) is 5.13. The van der Waals surface area contributed by atoms with Crippen LogP contribution in [0.4, 0.5) is 0 Å². The average Bonchev–Trinajstić information content (AvgIpc) is 3.13. The van der Waals surface area contributed by atoms with Crippen LogP contribution < -0.4 is 5.56 Å². The van der Waals surface area contributed by atoms with Crippen molar-refractivity contribution >= 4 is 5.91 Å². The molecule has 0 saturated heterocycles. The molecule has 0 N–H and O–H groups in total. The van der Waals surface area contributed by atoms with Crippen LogP contribution in [0.2, 0.25) is 0 Å². The van der Waals surface area contributed by atoms with Crippen LogP contribution in [0, 0.1) is 5.92 Å². The predicted molar refractivity (Wildman–Crippen MR) is 106 cm³/mol. The summed E-state index contributed by atoms with van der Waals surface area (Å²) < 4.78 is 3.32. The summed E-state index contributed by atoms with van der Waals surface area (Å²) in [5.41, 5.74) is 0.848. The Morgan fingerprint density at radius 2 is 1.86 bits per heavy atom. The van der Waals surface area contributed by atoms with Crippen molar-refractivity contribution in [3.8, 4) is 11.4 Å². The summed E-state index contributed by atoms with van der Waals surface area (Å²) in [6.45, 7) is 5.16. The zero-order valence-electron chi connectivity index (χ0n) is 16.2. The van der Waals surface area contributed by atoms with Crippen LogP contribution in [0.25, 0.3) is 11.4 Å². The summed E-state index contributed by atoms with van der Waals surface area (Å²) in [5, 5.41) is 4.65. The van der Waals surface area contributed by atoms with E-state index >= 15 is 0 Å². The lowest BCUT2D eigenvalue weighted by atomic mass is 9.99. The van der Waals surface area contributed by atoms with Crippen molar-refractivity contribution in [1.29, 1.82) is 0 Å². The molecular formula is C21H23N5O2. The molecule has 0 fully saturated rings. The number of pyridine rings is 1. The second-order valence-corrected chi connectivity index (χ2v) is 7.41. The second-order valence-electron chi connectivity index (χ2n) is 7.41. The van der Waals surface area contributed by atoms with Gasteiger partial charge in [-0.2, -0.15) is 5.10 Å². The van der Waals surface area contributed by atoms with Crippen LogP contribution in [0.5, 0.6) is 0 Å². The molecule has 7 nitrogen and oxygen atoms in total. The zero-order valence-corrected chi connectivity index (χ0v) is 16.2. The Bertz CT molecular complexity index is 1070. The smallest absolute Gasteiger partial charge is 0.263 e. The Kier molecular flexibility index (Phi) is 4.58. The van der Waals surface area contributed by atoms with Gasteiger partial charge in [-0.25, -0.2) is 9.67 Å². The first kappa shape index (κ1) is 18.2. The molecule has 4 rings (SSSR count). The minimum absolute atomic E-state index is 0.128. The maximum atomic E-state index is 13.2. The third-order valence-corrected chi connectivity index (χ3v) is 5.13. The number of nitrogens with zero attached hydrogens (tertiary/aromatic N) is 5. The standard InChI is InChI=1S/C21H23N5O2/c1-14(2)17-19-22-18(15-8-5-4-6-9-15)23-26(19)13-12-25(17)21(28)16-10-7-11-24(3)20(16)27/h4-11,14,17H,12-13H2,1-3H3/t17-/m0/s1. The summed E-state index contributed by atoms with van der Waals surface area (Å²) >= 11 is 0. The number of rotatable bonds is 3. The van der Waals surface area contributed by atoms with E-state index in [-0.39, 0.29) is 29.0 Å². The average molecular weight is 377 g/mol. The number of aromatic nitrogens is 4. The van der Waals surface area contributed by atoms with Gasteiger partial charge in [-0.05, 0) is 18.1 Å². The van der Waals surface area contributed by atoms with Crippen molar-refractivity contribution in [2.24, 2.45) is 13.0 Å². The monoisotopic (exact) mass is 377 g/mol. The van der Waals surface area contributed by atoms with Crippen molar-refractivity contribution in [1.82, 2.24) is 24.2 Å². The van der Waals surface area contributed by atoms with Gasteiger partial charge in [0.2, 0.25) is 0 Å². The summed E-state index contributed by atoms with van der Waals surface area (Å²) in [6, 6.07) is 12.9. The number of fused-ring (bicyclic) bond motifs is 1. The van der Waals surface area contributed by atoms with Gasteiger partial charge in [-0.15, -0.1) is 0 Å². The minimum atomic E-state index is -0.285. The molecule has 28 heavy (non-hydrogen) atoms. The highest BCUT2D eigenvalue weighted by molar-refractivity contribution is 5.94. The van der Waals surface area contributed by atoms with Crippen LogP contribution in [0.1, 0.15) is 36.1 Å². The molecule has 3 aromatic rings. The van der Waals surface area contributed by atoms with Crippen LogP contribution in [-0.2, 0) is 13.6 Å². The van der Waals surface area contributed by atoms with Crippen molar-refractivity contribution in [2.75, 3.05) is 6.54 Å². The van der Waals surface area contributed by atoms with E-state index in [1.54, 1.807) is 30.3 Å². The summed E-state index contributed by atoms with van der Waals surface area (Å²) in [7, 11) is 1.65. The maximum absolute atomic E-state index is 13.2. The van der Waals surface area contributed by atoms with Gasteiger partial charge in [0, 0.05) is 25.4 Å². The second kappa shape index (κ2) is 7.07. The van der Waals surface area contributed by atoms with E-state index in [4.69, 9.17) is 4.98 Å². The fourth-order valence-corrected chi connectivity index (χ4v) is 3.73. The fraction of sp³-hybridized carbons (Fsp3) is 0.333. The molecule has 144 valence electrons. The van der Waals surface area contributed by atoms with Gasteiger partial charge in [0.25, 0.3) is 11.5 Å². The first-order valence-electron chi connectivity index (χ1n) is 9.44. The molecule has 1 aliphatic rings. The van der Waals surface area contributed by atoms with Gasteiger partial charge in [0.1, 0.15) is 5.56 Å². The normalized spacial score (nSPS) is 16.3. The Labute approximate surface area is 163 Å². The van der Waals surface area contributed by atoms with E-state index in [1.165, 1.54) is 4.57 Å². The van der Waals surface area contributed by atoms with Crippen LogP contribution in [-0.4, -0.2) is 36.7 Å². The highest BCUT2D eigenvalue weighted by Gasteiger charge is 2.37. The van der Waals surface area contributed by atoms with Gasteiger partial charge < -0.3 is 9.47 Å². The lowest BCUT2D eigenvalue weighted by Crippen LogP contribution is -2.46. The Hall–Kier alpha value is -3.22. The van der Waals surface area contributed by atoms with E-state index in [0.29, 0.717) is 18.9 Å². The van der Waals surface area contributed by atoms with Crippen molar-refractivity contribution in [3.63, 3.8) is 0 Å². The van der Waals surface area contributed by atoms with Gasteiger partial charge in [0.05, 0.1) is 12.6 Å². The van der Waals surface area contributed by atoms with E-state index < -0.39 is 0 Å². The largest absolute Gasteiger partial charge is 0.326 e. The highest BCUT2D eigenvalue weighted by Crippen LogP contribution is 2.33. The quantitative estimate of drug-likeness (QED) is 0.703. The highest BCUT2D eigenvalue weighted by atomic mass is 16.2. The topological polar surface area (TPSA) is 73.0 Å². The van der Waals surface area contributed by atoms with Gasteiger partial charge in [-0.1, -0.05) is 44.2 Å². The van der Waals surface area contributed by atoms with Crippen molar-refractivity contribution in [2.45, 2.75) is 26.4 Å². The molecule has 0 spiro atoms. The molecule has 0 unspecified atom stereocenters. The molecule has 1 atom stereocenters. The molecule has 1 aliphatic heterocycles. The number of carbonyl (C=O) groups is 1. The van der Waals surface area contributed by atoms with Gasteiger partial charge in [0.15, 0.2) is 11.6 Å². The first-order valence-corrected chi connectivity index (χ1v) is 9.44. The summed E-state index contributed by atoms with van der Waals surface area (Å²) in [5.74, 6) is 1.30. The van der Waals surface area contributed by atoms with Crippen LogP contribution in [0.15, 0.2) is 53.5 Å². The molecule has 2 aromatic heterocycles. The minimum Gasteiger partial charge on any atom is -0.326 e. The van der Waals surface area contributed by atoms with E-state index in [1.807, 2.05) is 35.0 Å². The molecule has 0 radical (unpaired) electrons. The molecule has 1 amide bonds. The van der Waals surface area contributed by atoms with Crippen molar-refractivity contribution in [3.05, 3.63) is 70.4 Å². The van der Waals surface area contributed by atoms with Gasteiger partial charge in [-0.3, -0.25) is 9.59 Å². The molecule has 0 bridgehead atoms. The van der Waals surface area contributed by atoms with Crippen molar-refractivity contribution < 1.29 is 4.79 Å². The SMILES string of the molecule is CC(C)[C@H]1c2nc(-c3ccccc3)nn2CCN1C(=O)c1cccn(C)c1=O. The maximum Gasteiger partial charge on any atom is 0.263 e. The van der Waals surface area contributed by atoms with Crippen LogP contribution in [0.3, 0.4) is 0 Å². The predicted octanol–water partition coefficient (Wildman–Crippen LogP) is 2.50. The van der Waals surface area contributed by atoms with E-state index in [9.17, 15) is 9.59 Å². The number of hydrogen-bond donors (Lipinski definition) is 0.